The van der Waals surface area contributed by atoms with Crippen LogP contribution in [0.5, 0.6) is 6.01 Å². The van der Waals surface area contributed by atoms with Gasteiger partial charge in [-0.05, 0) is 45.7 Å². The fourth-order valence-electron chi connectivity index (χ4n) is 2.07. The van der Waals surface area contributed by atoms with Gasteiger partial charge in [0.05, 0.1) is 0 Å². The van der Waals surface area contributed by atoms with E-state index in [9.17, 15) is 0 Å². The van der Waals surface area contributed by atoms with E-state index in [0.717, 1.165) is 19.5 Å². The molecule has 1 heterocycles. The molecule has 0 spiro atoms. The number of ether oxygens (including phenoxy) is 1. The van der Waals surface area contributed by atoms with E-state index in [4.69, 9.17) is 16.3 Å². The molecule has 0 saturated heterocycles. The average Bonchev–Trinajstić information content (AvgIpc) is 2.40. The first-order valence-corrected chi connectivity index (χ1v) is 7.85. The van der Waals surface area contributed by atoms with Crippen LogP contribution in [-0.4, -0.2) is 51.6 Å². The molecule has 0 atom stereocenters. The van der Waals surface area contributed by atoms with E-state index < -0.39 is 0 Å². The van der Waals surface area contributed by atoms with Crippen LogP contribution in [-0.2, 0) is 0 Å². The van der Waals surface area contributed by atoms with Crippen LogP contribution < -0.4 is 10.1 Å². The van der Waals surface area contributed by atoms with E-state index in [2.05, 4.69) is 59.8 Å². The van der Waals surface area contributed by atoms with Gasteiger partial charge in [-0.3, -0.25) is 4.90 Å². The van der Waals surface area contributed by atoms with Crippen LogP contribution in [0.15, 0.2) is 0 Å². The third kappa shape index (κ3) is 6.44. The van der Waals surface area contributed by atoms with Crippen molar-refractivity contribution in [3.8, 4) is 6.01 Å². The fraction of sp³-hybridized carbons (Fsp3) is 0.786. The van der Waals surface area contributed by atoms with Crippen LogP contribution in [0, 0.1) is 0 Å². The lowest BCUT2D eigenvalue weighted by atomic mass is 10.2. The molecule has 0 bridgehead atoms. The third-order valence-electron chi connectivity index (χ3n) is 3.03. The van der Waals surface area contributed by atoms with Crippen LogP contribution in [0.2, 0.25) is 5.28 Å². The summed E-state index contributed by atoms with van der Waals surface area (Å²) in [7, 11) is 0. The van der Waals surface area contributed by atoms with Crippen LogP contribution >= 0.6 is 11.6 Å². The van der Waals surface area contributed by atoms with Gasteiger partial charge in [0.1, 0.15) is 6.61 Å². The first kappa shape index (κ1) is 17.9. The van der Waals surface area contributed by atoms with Crippen molar-refractivity contribution in [2.45, 2.75) is 53.1 Å². The van der Waals surface area contributed by atoms with Gasteiger partial charge in [0, 0.05) is 25.2 Å². The minimum absolute atomic E-state index is 0.142. The van der Waals surface area contributed by atoms with Gasteiger partial charge in [-0.25, -0.2) is 0 Å². The van der Waals surface area contributed by atoms with Crippen molar-refractivity contribution < 1.29 is 4.74 Å². The molecule has 120 valence electrons. The number of halogens is 1. The number of nitrogens with one attached hydrogen (secondary N) is 1. The van der Waals surface area contributed by atoms with Crippen LogP contribution in [0.25, 0.3) is 0 Å². The average molecular weight is 316 g/mol. The summed E-state index contributed by atoms with van der Waals surface area (Å²) in [5.74, 6) is 0.455. The van der Waals surface area contributed by atoms with Crippen LogP contribution in [0.4, 0.5) is 5.95 Å². The predicted molar refractivity (Wildman–Crippen MR) is 86.1 cm³/mol. The number of hydrogen-bond acceptors (Lipinski definition) is 6. The quantitative estimate of drug-likeness (QED) is 0.756. The summed E-state index contributed by atoms with van der Waals surface area (Å²) in [6.45, 7) is 12.9. The Labute approximate surface area is 132 Å². The molecule has 0 radical (unpaired) electrons. The zero-order valence-electron chi connectivity index (χ0n) is 13.6. The highest BCUT2D eigenvalue weighted by molar-refractivity contribution is 6.28. The largest absolute Gasteiger partial charge is 0.462 e. The van der Waals surface area contributed by atoms with E-state index in [-0.39, 0.29) is 11.3 Å². The van der Waals surface area contributed by atoms with Crippen molar-refractivity contribution >= 4 is 17.5 Å². The molecule has 0 saturated carbocycles. The Morgan fingerprint density at radius 1 is 1.14 bits per heavy atom. The maximum Gasteiger partial charge on any atom is 0.322 e. The normalized spacial score (nSPS) is 11.5. The molecule has 0 aliphatic heterocycles. The Hall–Kier alpha value is -1.14. The summed E-state index contributed by atoms with van der Waals surface area (Å²) in [6.07, 6.45) is 0.983. The monoisotopic (exact) mass is 315 g/mol. The fourth-order valence-corrected chi connectivity index (χ4v) is 2.22. The predicted octanol–water partition coefficient (Wildman–Crippen LogP) is 2.84. The van der Waals surface area contributed by atoms with Crippen molar-refractivity contribution in [1.82, 2.24) is 19.9 Å². The lowest BCUT2D eigenvalue weighted by Gasteiger charge is -2.30. The van der Waals surface area contributed by atoms with Crippen molar-refractivity contribution in [3.63, 3.8) is 0 Å². The van der Waals surface area contributed by atoms with Gasteiger partial charge in [-0.2, -0.15) is 15.0 Å². The Bertz CT molecular complexity index is 420. The van der Waals surface area contributed by atoms with E-state index in [1.165, 1.54) is 0 Å². The van der Waals surface area contributed by atoms with E-state index in [1.54, 1.807) is 0 Å². The van der Waals surface area contributed by atoms with Crippen LogP contribution in [0.1, 0.15) is 41.0 Å². The molecule has 1 N–H and O–H groups in total. The first-order chi connectivity index (χ1) is 9.93. The lowest BCUT2D eigenvalue weighted by Crippen LogP contribution is -2.39. The number of nitrogens with zero attached hydrogens (tertiary/aromatic N) is 4. The number of hydrogen-bond donors (Lipinski definition) is 1. The second-order valence-corrected chi connectivity index (χ2v) is 5.75. The number of rotatable bonds is 9. The number of aromatic nitrogens is 3. The Kier molecular flexibility index (Phi) is 7.67. The van der Waals surface area contributed by atoms with E-state index >= 15 is 0 Å². The van der Waals surface area contributed by atoms with E-state index in [1.807, 2.05) is 0 Å². The van der Waals surface area contributed by atoms with Gasteiger partial charge in [-0.1, -0.05) is 6.92 Å². The molecule has 0 fully saturated rings. The summed E-state index contributed by atoms with van der Waals surface area (Å²) < 4.78 is 5.61. The standard InChI is InChI=1S/C14H26ClN5O/c1-6-7-16-13-17-12(15)18-14(19-13)21-9-8-20(10(2)3)11(4)5/h10-11H,6-9H2,1-5H3,(H,16,17,18,19). The molecule has 6 nitrogen and oxygen atoms in total. The molecule has 21 heavy (non-hydrogen) atoms. The Balaban J connectivity index is 2.56. The highest BCUT2D eigenvalue weighted by Crippen LogP contribution is 2.12. The van der Waals surface area contributed by atoms with Crippen molar-refractivity contribution in [2.75, 3.05) is 25.0 Å². The van der Waals surface area contributed by atoms with Gasteiger partial charge in [0.15, 0.2) is 0 Å². The van der Waals surface area contributed by atoms with Gasteiger partial charge < -0.3 is 10.1 Å². The second kappa shape index (κ2) is 9.00. The second-order valence-electron chi connectivity index (χ2n) is 5.41. The number of anilines is 1. The minimum Gasteiger partial charge on any atom is -0.462 e. The molecular weight excluding hydrogens is 290 g/mol. The van der Waals surface area contributed by atoms with Crippen molar-refractivity contribution in [2.24, 2.45) is 0 Å². The lowest BCUT2D eigenvalue weighted by molar-refractivity contribution is 0.138. The van der Waals surface area contributed by atoms with Crippen molar-refractivity contribution in [1.29, 1.82) is 0 Å². The summed E-state index contributed by atoms with van der Waals surface area (Å²) in [5.41, 5.74) is 0. The molecule has 0 amide bonds. The van der Waals surface area contributed by atoms with Gasteiger partial charge in [-0.15, -0.1) is 0 Å². The highest BCUT2D eigenvalue weighted by Gasteiger charge is 2.13. The third-order valence-corrected chi connectivity index (χ3v) is 3.20. The Morgan fingerprint density at radius 3 is 2.38 bits per heavy atom. The summed E-state index contributed by atoms with van der Waals surface area (Å²) >= 11 is 5.88. The smallest absolute Gasteiger partial charge is 0.322 e. The highest BCUT2D eigenvalue weighted by atomic mass is 35.5. The Morgan fingerprint density at radius 2 is 1.81 bits per heavy atom. The zero-order valence-corrected chi connectivity index (χ0v) is 14.3. The van der Waals surface area contributed by atoms with E-state index in [0.29, 0.717) is 24.6 Å². The maximum atomic E-state index is 5.88. The summed E-state index contributed by atoms with van der Waals surface area (Å²) in [4.78, 5) is 14.5. The molecule has 0 aliphatic carbocycles. The first-order valence-electron chi connectivity index (χ1n) is 7.48. The van der Waals surface area contributed by atoms with Crippen LogP contribution in [0.3, 0.4) is 0 Å². The van der Waals surface area contributed by atoms with Gasteiger partial charge in [0.2, 0.25) is 11.2 Å². The maximum absolute atomic E-state index is 5.88. The molecule has 7 heteroatoms. The zero-order chi connectivity index (χ0) is 15.8. The summed E-state index contributed by atoms with van der Waals surface area (Å²) in [5, 5.41) is 3.22. The minimum atomic E-state index is 0.142. The molecular formula is C14H26ClN5O. The molecule has 1 rings (SSSR count). The SMILES string of the molecule is CCCNc1nc(Cl)nc(OCCN(C(C)C)C(C)C)n1. The molecule has 1 aromatic rings. The molecule has 0 aliphatic rings. The van der Waals surface area contributed by atoms with Gasteiger partial charge >= 0.3 is 6.01 Å². The topological polar surface area (TPSA) is 63.2 Å². The molecule has 0 unspecified atom stereocenters. The van der Waals surface area contributed by atoms with Crippen molar-refractivity contribution in [3.05, 3.63) is 5.28 Å². The molecule has 1 aromatic heterocycles. The molecule has 0 aromatic carbocycles. The van der Waals surface area contributed by atoms with Gasteiger partial charge in [0.25, 0.3) is 0 Å². The summed E-state index contributed by atoms with van der Waals surface area (Å²) in [6, 6.07) is 1.20.